The van der Waals surface area contributed by atoms with Gasteiger partial charge in [0.15, 0.2) is 11.5 Å². The monoisotopic (exact) mass is 484 g/mol. The van der Waals surface area contributed by atoms with Crippen LogP contribution in [0.3, 0.4) is 0 Å². The van der Waals surface area contributed by atoms with E-state index in [0.29, 0.717) is 22.9 Å². The largest absolute Gasteiger partial charge is 0.493 e. The molecular weight excluding hydrogens is 448 g/mol. The molecular formula is C31H36N2O3. The zero-order valence-corrected chi connectivity index (χ0v) is 21.5. The predicted molar refractivity (Wildman–Crippen MR) is 144 cm³/mol. The van der Waals surface area contributed by atoms with Crippen molar-refractivity contribution < 1.29 is 14.3 Å². The Morgan fingerprint density at radius 1 is 0.889 bits per heavy atom. The molecule has 1 heterocycles. The summed E-state index contributed by atoms with van der Waals surface area (Å²) in [5, 5.41) is 3.02. The molecule has 0 spiro atoms. The first-order valence-electron chi connectivity index (χ1n) is 12.5. The van der Waals surface area contributed by atoms with E-state index in [1.165, 1.54) is 11.1 Å². The summed E-state index contributed by atoms with van der Waals surface area (Å²) >= 11 is 0. The van der Waals surface area contributed by atoms with Gasteiger partial charge in [-0.2, -0.15) is 0 Å². The molecule has 36 heavy (non-hydrogen) atoms. The minimum atomic E-state index is -0.191. The zero-order chi connectivity index (χ0) is 25.5. The van der Waals surface area contributed by atoms with E-state index in [-0.39, 0.29) is 11.3 Å². The second-order valence-electron chi connectivity index (χ2n) is 9.73. The first kappa shape index (κ1) is 25.4. The van der Waals surface area contributed by atoms with Crippen molar-refractivity contribution in [1.82, 2.24) is 10.2 Å². The number of nitrogens with one attached hydrogen (secondary N) is 1. The third-order valence-corrected chi connectivity index (χ3v) is 7.28. The molecule has 0 aromatic heterocycles. The molecule has 5 heteroatoms. The Morgan fingerprint density at radius 3 is 1.89 bits per heavy atom. The third kappa shape index (κ3) is 5.91. The van der Waals surface area contributed by atoms with Gasteiger partial charge in [-0.1, -0.05) is 67.2 Å². The Bertz CT molecular complexity index is 1140. The predicted octanol–water partition coefficient (Wildman–Crippen LogP) is 5.78. The van der Waals surface area contributed by atoms with Gasteiger partial charge in [0.1, 0.15) is 5.82 Å². The van der Waals surface area contributed by atoms with Crippen molar-refractivity contribution in [2.75, 3.05) is 27.3 Å². The average molecular weight is 485 g/mol. The maximum atomic E-state index is 13.1. The quantitative estimate of drug-likeness (QED) is 0.418. The first-order valence-corrected chi connectivity index (χ1v) is 12.5. The van der Waals surface area contributed by atoms with Crippen molar-refractivity contribution in [2.45, 2.75) is 32.6 Å². The Morgan fingerprint density at radius 2 is 1.39 bits per heavy atom. The van der Waals surface area contributed by atoms with E-state index in [1.807, 2.05) is 13.0 Å². The molecule has 1 amide bonds. The number of hydrogen-bond donors (Lipinski definition) is 1. The number of hydrogen-bond acceptors (Lipinski definition) is 4. The van der Waals surface area contributed by atoms with Crippen LogP contribution in [0.25, 0.3) is 0 Å². The molecule has 1 fully saturated rings. The molecule has 1 saturated heterocycles. The van der Waals surface area contributed by atoms with Gasteiger partial charge in [-0.25, -0.2) is 0 Å². The van der Waals surface area contributed by atoms with Crippen molar-refractivity contribution in [3.05, 3.63) is 107 Å². The summed E-state index contributed by atoms with van der Waals surface area (Å²) in [6.45, 7) is 7.80. The molecule has 1 N–H and O–H groups in total. The highest BCUT2D eigenvalue weighted by atomic mass is 16.5. The zero-order valence-electron chi connectivity index (χ0n) is 21.5. The van der Waals surface area contributed by atoms with E-state index in [0.717, 1.165) is 44.3 Å². The van der Waals surface area contributed by atoms with E-state index in [1.54, 1.807) is 20.3 Å². The molecule has 0 radical (unpaired) electrons. The minimum Gasteiger partial charge on any atom is -0.493 e. The second kappa shape index (κ2) is 11.3. The number of rotatable bonds is 9. The fourth-order valence-electron chi connectivity index (χ4n) is 5.23. The second-order valence-corrected chi connectivity index (χ2v) is 9.73. The third-order valence-electron chi connectivity index (χ3n) is 7.28. The van der Waals surface area contributed by atoms with Gasteiger partial charge in [-0.15, -0.1) is 0 Å². The fraction of sp³-hybridized carbons (Fsp3) is 0.323. The number of likely N-dealkylation sites (tertiary alicyclic amines) is 1. The molecule has 0 saturated carbocycles. The van der Waals surface area contributed by atoms with E-state index in [4.69, 9.17) is 9.47 Å². The summed E-state index contributed by atoms with van der Waals surface area (Å²) in [6.07, 6.45) is 4.14. The van der Waals surface area contributed by atoms with Gasteiger partial charge >= 0.3 is 0 Å². The lowest BCUT2D eigenvalue weighted by Crippen LogP contribution is -2.45. The van der Waals surface area contributed by atoms with Crippen molar-refractivity contribution in [2.24, 2.45) is 5.41 Å². The van der Waals surface area contributed by atoms with Crippen LogP contribution in [0.5, 0.6) is 11.5 Å². The van der Waals surface area contributed by atoms with Crippen LogP contribution in [0.4, 0.5) is 0 Å². The maximum Gasteiger partial charge on any atom is 0.257 e. The maximum absolute atomic E-state index is 13.1. The van der Waals surface area contributed by atoms with E-state index < -0.39 is 0 Å². The summed E-state index contributed by atoms with van der Waals surface area (Å²) in [4.78, 5) is 15.3. The van der Waals surface area contributed by atoms with E-state index in [9.17, 15) is 4.79 Å². The number of benzene rings is 3. The molecule has 5 nitrogen and oxygen atoms in total. The normalized spacial score (nSPS) is 14.7. The van der Waals surface area contributed by atoms with Gasteiger partial charge < -0.3 is 19.7 Å². The molecule has 3 aromatic rings. The fourth-order valence-corrected chi connectivity index (χ4v) is 5.23. The van der Waals surface area contributed by atoms with Gasteiger partial charge in [0.25, 0.3) is 5.91 Å². The minimum absolute atomic E-state index is 0.170. The Hall–Kier alpha value is -3.73. The Balaban J connectivity index is 1.44. The average Bonchev–Trinajstić information content (AvgIpc) is 2.89. The van der Waals surface area contributed by atoms with Gasteiger partial charge in [0.2, 0.25) is 0 Å². The van der Waals surface area contributed by atoms with Gasteiger partial charge in [-0.3, -0.25) is 4.79 Å². The van der Waals surface area contributed by atoms with Gasteiger partial charge in [0, 0.05) is 18.7 Å². The van der Waals surface area contributed by atoms with Crippen molar-refractivity contribution in [3.8, 4) is 11.5 Å². The van der Waals surface area contributed by atoms with Crippen molar-refractivity contribution in [1.29, 1.82) is 0 Å². The number of aryl methyl sites for hydroxylation is 1. The smallest absolute Gasteiger partial charge is 0.257 e. The standard InChI is InChI=1S/C31H36N2O3/c1-23-19-28(35-3)29(36-4)20-27(23)30(34)32-24(2)33-17-15-31(16-18-33,21-25-11-7-5-8-12-25)22-26-13-9-6-10-14-26/h5-14,19-20H,2,15-18,21-22H2,1,3-4H3,(H,32,34). The molecule has 188 valence electrons. The van der Waals surface area contributed by atoms with E-state index in [2.05, 4.69) is 77.5 Å². The lowest BCUT2D eigenvalue weighted by molar-refractivity contribution is 0.0913. The SMILES string of the molecule is C=C(NC(=O)c1cc(OC)c(OC)cc1C)N1CCC(Cc2ccccc2)(Cc2ccccc2)CC1. The van der Waals surface area contributed by atoms with Crippen LogP contribution >= 0.6 is 0 Å². The summed E-state index contributed by atoms with van der Waals surface area (Å²) in [5.41, 5.74) is 4.29. The van der Waals surface area contributed by atoms with Crippen LogP contribution in [0.1, 0.15) is 39.9 Å². The van der Waals surface area contributed by atoms with Gasteiger partial charge in [0.05, 0.1) is 14.2 Å². The topological polar surface area (TPSA) is 50.8 Å². The molecule has 1 aliphatic heterocycles. The molecule has 0 unspecified atom stereocenters. The molecule has 0 aliphatic carbocycles. The van der Waals surface area contributed by atoms with Crippen LogP contribution in [0.2, 0.25) is 0 Å². The molecule has 3 aromatic carbocycles. The number of methoxy groups -OCH3 is 2. The summed E-state index contributed by atoms with van der Waals surface area (Å²) in [7, 11) is 3.16. The first-order chi connectivity index (χ1) is 17.4. The van der Waals surface area contributed by atoms with E-state index >= 15 is 0 Å². The highest BCUT2D eigenvalue weighted by Gasteiger charge is 2.35. The van der Waals surface area contributed by atoms with Crippen LogP contribution in [-0.2, 0) is 12.8 Å². The highest BCUT2D eigenvalue weighted by Crippen LogP contribution is 2.39. The lowest BCUT2D eigenvalue weighted by atomic mass is 9.70. The number of amides is 1. The molecule has 4 rings (SSSR count). The number of nitrogens with zero attached hydrogens (tertiary/aromatic N) is 1. The Kier molecular flexibility index (Phi) is 7.99. The van der Waals surface area contributed by atoms with Crippen LogP contribution in [-0.4, -0.2) is 38.1 Å². The number of carbonyl (C=O) groups is 1. The Labute approximate surface area is 214 Å². The van der Waals surface area contributed by atoms with Crippen molar-refractivity contribution >= 4 is 5.91 Å². The molecule has 1 aliphatic rings. The number of ether oxygens (including phenoxy) is 2. The van der Waals surface area contributed by atoms with Crippen LogP contribution in [0.15, 0.2) is 85.2 Å². The summed E-state index contributed by atoms with van der Waals surface area (Å²) in [6, 6.07) is 25.1. The highest BCUT2D eigenvalue weighted by molar-refractivity contribution is 5.97. The molecule has 0 atom stereocenters. The van der Waals surface area contributed by atoms with Crippen molar-refractivity contribution in [3.63, 3.8) is 0 Å². The summed E-state index contributed by atoms with van der Waals surface area (Å²) < 4.78 is 10.7. The number of piperidine rings is 1. The molecule has 0 bridgehead atoms. The van der Waals surface area contributed by atoms with Gasteiger partial charge in [-0.05, 0) is 66.8 Å². The lowest BCUT2D eigenvalue weighted by Gasteiger charge is -2.43. The van der Waals surface area contributed by atoms with Crippen LogP contribution in [0, 0.1) is 12.3 Å². The van der Waals surface area contributed by atoms with Crippen LogP contribution < -0.4 is 14.8 Å². The number of carbonyl (C=O) groups excluding carboxylic acids is 1. The summed E-state index contributed by atoms with van der Waals surface area (Å²) in [5.74, 6) is 1.59.